The average Bonchev–Trinajstić information content (AvgIpc) is 2.91. The lowest BCUT2D eigenvalue weighted by Gasteiger charge is -2.20. The lowest BCUT2D eigenvalue weighted by molar-refractivity contribution is 0.0711. The van der Waals surface area contributed by atoms with Crippen LogP contribution in [0.25, 0.3) is 0 Å². The van der Waals surface area contributed by atoms with Crippen LogP contribution in [-0.2, 0) is 10.3 Å². The van der Waals surface area contributed by atoms with E-state index >= 15 is 0 Å². The SMILES string of the molecule is CCNC(=NCC(C)(O)c1cccs1)NCCOC. The Hall–Kier alpha value is -1.11. The van der Waals surface area contributed by atoms with Gasteiger partial charge in [0, 0.05) is 25.1 Å². The molecule has 0 fully saturated rings. The molecule has 0 saturated carbocycles. The van der Waals surface area contributed by atoms with E-state index in [1.165, 1.54) is 11.3 Å². The minimum absolute atomic E-state index is 0.315. The molecule has 0 saturated heterocycles. The van der Waals surface area contributed by atoms with Crippen LogP contribution in [0, 0.1) is 0 Å². The molecule has 1 rings (SSSR count). The van der Waals surface area contributed by atoms with E-state index < -0.39 is 5.60 Å². The number of ether oxygens (including phenoxy) is 1. The second-order valence-corrected chi connectivity index (χ2v) is 5.31. The summed E-state index contributed by atoms with van der Waals surface area (Å²) in [5, 5.41) is 18.6. The van der Waals surface area contributed by atoms with E-state index in [4.69, 9.17) is 4.74 Å². The highest BCUT2D eigenvalue weighted by molar-refractivity contribution is 7.10. The predicted octanol–water partition coefficient (Wildman–Crippen LogP) is 1.16. The highest BCUT2D eigenvalue weighted by atomic mass is 32.1. The summed E-state index contributed by atoms with van der Waals surface area (Å²) in [6.45, 7) is 6.18. The van der Waals surface area contributed by atoms with Gasteiger partial charge in [-0.05, 0) is 25.3 Å². The van der Waals surface area contributed by atoms with E-state index in [2.05, 4.69) is 15.6 Å². The molecule has 3 N–H and O–H groups in total. The van der Waals surface area contributed by atoms with Gasteiger partial charge < -0.3 is 20.5 Å². The van der Waals surface area contributed by atoms with Crippen LogP contribution in [0.4, 0.5) is 0 Å². The first-order valence-corrected chi connectivity index (χ1v) is 7.25. The maximum Gasteiger partial charge on any atom is 0.191 e. The van der Waals surface area contributed by atoms with Crippen molar-refractivity contribution in [2.75, 3.05) is 33.4 Å². The molecule has 1 aromatic heterocycles. The van der Waals surface area contributed by atoms with Crippen molar-refractivity contribution in [3.8, 4) is 0 Å². The summed E-state index contributed by atoms with van der Waals surface area (Å²) in [5.41, 5.74) is -0.933. The lowest BCUT2D eigenvalue weighted by atomic mass is 10.1. The Bertz CT molecular complexity index is 377. The summed E-state index contributed by atoms with van der Waals surface area (Å²) < 4.78 is 4.98. The van der Waals surface area contributed by atoms with Gasteiger partial charge in [0.15, 0.2) is 5.96 Å². The van der Waals surface area contributed by atoms with E-state index in [1.807, 2.05) is 24.4 Å². The number of hydrogen-bond donors (Lipinski definition) is 3. The number of nitrogens with zero attached hydrogens (tertiary/aromatic N) is 1. The Morgan fingerprint density at radius 3 is 2.89 bits per heavy atom. The highest BCUT2D eigenvalue weighted by Gasteiger charge is 2.23. The summed E-state index contributed by atoms with van der Waals surface area (Å²) in [4.78, 5) is 5.33. The molecule has 0 radical (unpaired) electrons. The first-order chi connectivity index (χ1) is 9.10. The summed E-state index contributed by atoms with van der Waals surface area (Å²) in [5.74, 6) is 0.691. The highest BCUT2D eigenvalue weighted by Crippen LogP contribution is 2.25. The minimum Gasteiger partial charge on any atom is -0.383 e. The molecule has 1 heterocycles. The number of aliphatic imine (C=N–C) groups is 1. The third kappa shape index (κ3) is 5.59. The van der Waals surface area contributed by atoms with Crippen molar-refractivity contribution >= 4 is 17.3 Å². The fraction of sp³-hybridized carbons (Fsp3) is 0.615. The van der Waals surface area contributed by atoms with Crippen LogP contribution >= 0.6 is 11.3 Å². The third-order valence-corrected chi connectivity index (χ3v) is 3.66. The molecule has 0 amide bonds. The number of aliphatic hydroxyl groups is 1. The molecular formula is C13H23N3O2S. The molecule has 108 valence electrons. The Morgan fingerprint density at radius 2 is 2.32 bits per heavy atom. The zero-order valence-electron chi connectivity index (χ0n) is 11.8. The van der Waals surface area contributed by atoms with Crippen LogP contribution in [0.1, 0.15) is 18.7 Å². The van der Waals surface area contributed by atoms with Crippen LogP contribution in [0.2, 0.25) is 0 Å². The van der Waals surface area contributed by atoms with Crippen LogP contribution in [0.3, 0.4) is 0 Å². The second kappa shape index (κ2) is 8.14. The van der Waals surface area contributed by atoms with Crippen LogP contribution in [0.5, 0.6) is 0 Å². The van der Waals surface area contributed by atoms with E-state index in [9.17, 15) is 5.11 Å². The zero-order chi connectivity index (χ0) is 14.1. The summed E-state index contributed by atoms with van der Waals surface area (Å²) in [6, 6.07) is 3.85. The fourth-order valence-corrected chi connectivity index (χ4v) is 2.29. The standard InChI is InChI=1S/C13H23N3O2S/c1-4-14-12(15-7-8-18-3)16-10-13(2,17)11-6-5-9-19-11/h5-6,9,17H,4,7-8,10H2,1-3H3,(H2,14,15,16). The van der Waals surface area contributed by atoms with Crippen LogP contribution in [0.15, 0.2) is 22.5 Å². The monoisotopic (exact) mass is 285 g/mol. The lowest BCUT2D eigenvalue weighted by Crippen LogP contribution is -2.40. The Balaban J connectivity index is 2.58. The van der Waals surface area contributed by atoms with Crippen LogP contribution in [-0.4, -0.2) is 44.4 Å². The Labute approximate surface area is 118 Å². The van der Waals surface area contributed by atoms with Gasteiger partial charge >= 0.3 is 0 Å². The zero-order valence-corrected chi connectivity index (χ0v) is 12.6. The smallest absolute Gasteiger partial charge is 0.191 e. The number of methoxy groups -OCH3 is 1. The number of thiophene rings is 1. The maximum absolute atomic E-state index is 10.4. The van der Waals surface area contributed by atoms with Crippen molar-refractivity contribution in [3.63, 3.8) is 0 Å². The van der Waals surface area contributed by atoms with Gasteiger partial charge in [0.25, 0.3) is 0 Å². The third-order valence-electron chi connectivity index (χ3n) is 2.54. The number of guanidine groups is 1. The maximum atomic E-state index is 10.4. The van der Waals surface area contributed by atoms with Crippen molar-refractivity contribution in [1.29, 1.82) is 0 Å². The van der Waals surface area contributed by atoms with Gasteiger partial charge in [-0.3, -0.25) is 0 Å². The van der Waals surface area contributed by atoms with E-state index in [1.54, 1.807) is 14.0 Å². The minimum atomic E-state index is -0.933. The fourth-order valence-electron chi connectivity index (χ4n) is 1.51. The number of hydrogen-bond acceptors (Lipinski definition) is 4. The molecule has 19 heavy (non-hydrogen) atoms. The molecule has 0 aliphatic rings. The summed E-state index contributed by atoms with van der Waals surface area (Å²) >= 11 is 1.54. The number of nitrogens with one attached hydrogen (secondary N) is 2. The molecule has 0 spiro atoms. The average molecular weight is 285 g/mol. The van der Waals surface area contributed by atoms with Crippen molar-refractivity contribution < 1.29 is 9.84 Å². The number of rotatable bonds is 7. The molecular weight excluding hydrogens is 262 g/mol. The quantitative estimate of drug-likeness (QED) is 0.399. The molecule has 1 atom stereocenters. The van der Waals surface area contributed by atoms with Gasteiger partial charge in [0.1, 0.15) is 5.60 Å². The molecule has 0 aromatic carbocycles. The van der Waals surface area contributed by atoms with Gasteiger partial charge in [-0.25, -0.2) is 4.99 Å². The van der Waals surface area contributed by atoms with Crippen molar-refractivity contribution in [3.05, 3.63) is 22.4 Å². The first kappa shape index (κ1) is 15.9. The largest absolute Gasteiger partial charge is 0.383 e. The van der Waals surface area contributed by atoms with Crippen molar-refractivity contribution in [2.24, 2.45) is 4.99 Å². The van der Waals surface area contributed by atoms with Crippen LogP contribution < -0.4 is 10.6 Å². The Kier molecular flexibility index (Phi) is 6.83. The molecule has 0 aliphatic carbocycles. The van der Waals surface area contributed by atoms with Crippen molar-refractivity contribution in [2.45, 2.75) is 19.4 Å². The normalized spacial score (nSPS) is 15.1. The van der Waals surface area contributed by atoms with Gasteiger partial charge in [-0.15, -0.1) is 11.3 Å². The molecule has 6 heteroatoms. The molecule has 1 aromatic rings. The molecule has 0 bridgehead atoms. The predicted molar refractivity (Wildman–Crippen MR) is 79.7 cm³/mol. The van der Waals surface area contributed by atoms with Gasteiger partial charge in [0.05, 0.1) is 13.2 Å². The first-order valence-electron chi connectivity index (χ1n) is 6.37. The second-order valence-electron chi connectivity index (χ2n) is 4.37. The van der Waals surface area contributed by atoms with E-state index in [-0.39, 0.29) is 0 Å². The molecule has 1 unspecified atom stereocenters. The van der Waals surface area contributed by atoms with Gasteiger partial charge in [0.2, 0.25) is 0 Å². The van der Waals surface area contributed by atoms with E-state index in [0.717, 1.165) is 11.4 Å². The molecule has 0 aliphatic heterocycles. The topological polar surface area (TPSA) is 65.9 Å². The molecule has 5 nitrogen and oxygen atoms in total. The summed E-state index contributed by atoms with van der Waals surface area (Å²) in [6.07, 6.45) is 0. The summed E-state index contributed by atoms with van der Waals surface area (Å²) in [7, 11) is 1.66. The van der Waals surface area contributed by atoms with Gasteiger partial charge in [-0.2, -0.15) is 0 Å². The van der Waals surface area contributed by atoms with Crippen molar-refractivity contribution in [1.82, 2.24) is 10.6 Å². The Morgan fingerprint density at radius 1 is 1.53 bits per heavy atom. The van der Waals surface area contributed by atoms with E-state index in [0.29, 0.717) is 25.7 Å². The van der Waals surface area contributed by atoms with Gasteiger partial charge in [-0.1, -0.05) is 6.07 Å².